The van der Waals surface area contributed by atoms with Gasteiger partial charge in [-0.3, -0.25) is 4.79 Å². The molecule has 1 aliphatic heterocycles. The Bertz CT molecular complexity index is 1110. The minimum absolute atomic E-state index is 0.189. The molecule has 0 N–H and O–H groups in total. The highest BCUT2D eigenvalue weighted by Crippen LogP contribution is 2.22. The maximum Gasteiger partial charge on any atom is 0.325 e. The lowest BCUT2D eigenvalue weighted by atomic mass is 10.1. The van der Waals surface area contributed by atoms with Crippen molar-refractivity contribution >= 4 is 29.7 Å². The molecule has 0 unspecified atom stereocenters. The van der Waals surface area contributed by atoms with Crippen LogP contribution in [0.2, 0.25) is 5.02 Å². The fourth-order valence-electron chi connectivity index (χ4n) is 3.53. The molecule has 2 heterocycles. The maximum absolute atomic E-state index is 11.9. The van der Waals surface area contributed by atoms with E-state index < -0.39 is 0 Å². The fraction of sp³-hybridized carbons (Fsp3) is 0.269. The summed E-state index contributed by atoms with van der Waals surface area (Å²) in [5.74, 6) is 0.804. The van der Waals surface area contributed by atoms with Gasteiger partial charge in [0.25, 0.3) is 0 Å². The lowest BCUT2D eigenvalue weighted by molar-refractivity contribution is -0.196. The number of carbonyl (C=O) groups is 1. The number of hydrogen-bond donors (Lipinski definition) is 0. The first-order valence-corrected chi connectivity index (χ1v) is 11.2. The van der Waals surface area contributed by atoms with Crippen LogP contribution in [0.4, 0.5) is 0 Å². The highest BCUT2D eigenvalue weighted by atomic mass is 35.5. The van der Waals surface area contributed by atoms with Gasteiger partial charge in [0.2, 0.25) is 0 Å². The van der Waals surface area contributed by atoms with Gasteiger partial charge in [-0.2, -0.15) is 0 Å². The van der Waals surface area contributed by atoms with Gasteiger partial charge >= 0.3 is 5.97 Å². The van der Waals surface area contributed by atoms with Gasteiger partial charge in [-0.25, -0.2) is 9.97 Å². The molecule has 5 nitrogen and oxygen atoms in total. The van der Waals surface area contributed by atoms with Gasteiger partial charge in [0.1, 0.15) is 0 Å². The van der Waals surface area contributed by atoms with E-state index in [0.717, 1.165) is 39.4 Å². The zero-order chi connectivity index (χ0) is 22.5. The molecule has 0 amide bonds. The van der Waals surface area contributed by atoms with Crippen molar-refractivity contribution < 1.29 is 9.63 Å². The third-order valence-electron chi connectivity index (χ3n) is 5.21. The smallest absolute Gasteiger partial charge is 0.325 e. The number of nitrogens with zero attached hydrogens (tertiary/aromatic N) is 3. The predicted molar refractivity (Wildman–Crippen MR) is 128 cm³/mol. The largest absolute Gasteiger partial charge is 0.368 e. The number of hydrogen-bond acceptors (Lipinski definition) is 5. The first-order chi connectivity index (χ1) is 15.5. The van der Waals surface area contributed by atoms with Gasteiger partial charge in [0, 0.05) is 41.7 Å². The van der Waals surface area contributed by atoms with Crippen molar-refractivity contribution in [1.82, 2.24) is 15.0 Å². The fourth-order valence-corrected chi connectivity index (χ4v) is 3.66. The van der Waals surface area contributed by atoms with Crippen molar-refractivity contribution in [2.24, 2.45) is 5.92 Å². The molecule has 1 aliphatic rings. The lowest BCUT2D eigenvalue weighted by Crippen LogP contribution is -2.33. The molecule has 0 saturated carbocycles. The Labute approximate surface area is 193 Å². The van der Waals surface area contributed by atoms with Crippen molar-refractivity contribution in [3.8, 4) is 11.4 Å². The zero-order valence-corrected chi connectivity index (χ0v) is 19.0. The van der Waals surface area contributed by atoms with E-state index >= 15 is 0 Å². The number of rotatable bonds is 6. The van der Waals surface area contributed by atoms with Crippen LogP contribution in [0.1, 0.15) is 42.7 Å². The standard InChI is InChI=1S/C26H26ClN3O2/c1-18(2)15-25(31)32-30-14-13-24-22(17-30)16-28-26(29-24)21-9-5-19(6-10-21)3-4-20-7-11-23(27)12-8-20/h3-12,16,18H,13-15,17H2,1-2H3. The summed E-state index contributed by atoms with van der Waals surface area (Å²) in [5.41, 5.74) is 5.18. The van der Waals surface area contributed by atoms with Gasteiger partial charge in [-0.15, -0.1) is 5.06 Å². The summed E-state index contributed by atoms with van der Waals surface area (Å²) >= 11 is 5.93. The Balaban J connectivity index is 1.41. The highest BCUT2D eigenvalue weighted by molar-refractivity contribution is 6.30. The zero-order valence-electron chi connectivity index (χ0n) is 18.3. The van der Waals surface area contributed by atoms with E-state index in [1.807, 2.05) is 56.4 Å². The van der Waals surface area contributed by atoms with Crippen molar-refractivity contribution in [1.29, 1.82) is 0 Å². The Morgan fingerprint density at radius 1 is 1.09 bits per heavy atom. The summed E-state index contributed by atoms with van der Waals surface area (Å²) in [6.45, 7) is 5.17. The molecule has 4 rings (SSSR count). The van der Waals surface area contributed by atoms with Crippen LogP contribution in [0.25, 0.3) is 23.5 Å². The average molecular weight is 448 g/mol. The molecule has 2 aromatic carbocycles. The van der Waals surface area contributed by atoms with Crippen LogP contribution in [0.15, 0.2) is 54.7 Å². The number of aromatic nitrogens is 2. The number of benzene rings is 2. The van der Waals surface area contributed by atoms with Crippen molar-refractivity contribution in [3.63, 3.8) is 0 Å². The van der Waals surface area contributed by atoms with Crippen LogP contribution < -0.4 is 0 Å². The van der Waals surface area contributed by atoms with E-state index in [2.05, 4.69) is 29.3 Å². The first kappa shape index (κ1) is 22.2. The van der Waals surface area contributed by atoms with E-state index in [9.17, 15) is 4.79 Å². The summed E-state index contributed by atoms with van der Waals surface area (Å²) in [6.07, 6.45) is 7.11. The molecule has 164 valence electrons. The highest BCUT2D eigenvalue weighted by Gasteiger charge is 2.22. The quantitative estimate of drug-likeness (QED) is 0.445. The Hall–Kier alpha value is -3.02. The number of halogens is 1. The molecular formula is C26H26ClN3O2. The second-order valence-corrected chi connectivity index (χ2v) is 8.78. The molecule has 0 aliphatic carbocycles. The average Bonchev–Trinajstić information content (AvgIpc) is 2.78. The normalized spacial score (nSPS) is 14.0. The van der Waals surface area contributed by atoms with E-state index in [1.165, 1.54) is 0 Å². The Morgan fingerprint density at radius 2 is 1.75 bits per heavy atom. The van der Waals surface area contributed by atoms with E-state index in [4.69, 9.17) is 21.4 Å². The monoisotopic (exact) mass is 447 g/mol. The molecule has 32 heavy (non-hydrogen) atoms. The van der Waals surface area contributed by atoms with E-state index in [-0.39, 0.29) is 11.9 Å². The van der Waals surface area contributed by atoms with Gasteiger partial charge in [-0.05, 0) is 29.2 Å². The van der Waals surface area contributed by atoms with Gasteiger partial charge in [0.15, 0.2) is 5.82 Å². The predicted octanol–water partition coefficient (Wildman–Crippen LogP) is 5.83. The van der Waals surface area contributed by atoms with Crippen LogP contribution in [0, 0.1) is 5.92 Å². The molecule has 0 bridgehead atoms. The molecule has 6 heteroatoms. The number of carbonyl (C=O) groups excluding carboxylic acids is 1. The molecule has 0 fully saturated rings. The molecular weight excluding hydrogens is 422 g/mol. The third kappa shape index (κ3) is 5.81. The molecule has 0 spiro atoms. The van der Waals surface area contributed by atoms with Crippen molar-refractivity contribution in [3.05, 3.63) is 82.1 Å². The van der Waals surface area contributed by atoms with Crippen LogP contribution >= 0.6 is 11.6 Å². The third-order valence-corrected chi connectivity index (χ3v) is 5.46. The molecule has 0 atom stereocenters. The summed E-state index contributed by atoms with van der Waals surface area (Å²) in [5, 5.41) is 2.44. The number of hydroxylamine groups is 2. The van der Waals surface area contributed by atoms with Gasteiger partial charge < -0.3 is 4.84 Å². The summed E-state index contributed by atoms with van der Waals surface area (Å²) in [6, 6.07) is 15.9. The Kier molecular flexibility index (Phi) is 6.98. The second-order valence-electron chi connectivity index (χ2n) is 8.35. The Morgan fingerprint density at radius 3 is 2.41 bits per heavy atom. The minimum atomic E-state index is -0.189. The second kappa shape index (κ2) is 10.1. The number of fused-ring (bicyclic) bond motifs is 1. The first-order valence-electron chi connectivity index (χ1n) is 10.8. The van der Waals surface area contributed by atoms with E-state index in [1.54, 1.807) is 5.06 Å². The van der Waals surface area contributed by atoms with E-state index in [0.29, 0.717) is 25.3 Å². The van der Waals surface area contributed by atoms with Crippen molar-refractivity contribution in [2.45, 2.75) is 33.2 Å². The lowest BCUT2D eigenvalue weighted by Gasteiger charge is -2.26. The van der Waals surface area contributed by atoms with Gasteiger partial charge in [0.05, 0.1) is 12.2 Å². The molecule has 0 saturated heterocycles. The molecule has 3 aromatic rings. The van der Waals surface area contributed by atoms with Crippen LogP contribution in [0.3, 0.4) is 0 Å². The molecule has 1 aromatic heterocycles. The van der Waals surface area contributed by atoms with Crippen LogP contribution in [0.5, 0.6) is 0 Å². The summed E-state index contributed by atoms with van der Waals surface area (Å²) in [7, 11) is 0. The van der Waals surface area contributed by atoms with Crippen molar-refractivity contribution in [2.75, 3.05) is 6.54 Å². The minimum Gasteiger partial charge on any atom is -0.368 e. The topological polar surface area (TPSA) is 55.3 Å². The maximum atomic E-state index is 11.9. The SMILES string of the molecule is CC(C)CC(=O)ON1CCc2nc(-c3ccc(C=Cc4ccc(Cl)cc4)cc3)ncc2C1. The summed E-state index contributed by atoms with van der Waals surface area (Å²) < 4.78 is 0. The molecule has 0 radical (unpaired) electrons. The van der Waals surface area contributed by atoms with Gasteiger partial charge in [-0.1, -0.05) is 74.0 Å². The summed E-state index contributed by atoms with van der Waals surface area (Å²) in [4.78, 5) is 26.7. The van der Waals surface area contributed by atoms with Crippen LogP contribution in [-0.4, -0.2) is 27.5 Å². The van der Waals surface area contributed by atoms with Crippen LogP contribution in [-0.2, 0) is 22.6 Å².